The molecular formula is C13H16N2O4S. The second-order valence-corrected chi connectivity index (χ2v) is 6.23. The number of nitrogens with one attached hydrogen (secondary N) is 1. The van der Waals surface area contributed by atoms with Gasteiger partial charge in [-0.3, -0.25) is 9.71 Å². The number of hydrogen-bond donors (Lipinski definition) is 2. The highest BCUT2D eigenvalue weighted by atomic mass is 32.2. The Morgan fingerprint density at radius 3 is 2.75 bits per heavy atom. The molecule has 0 aliphatic carbocycles. The van der Waals surface area contributed by atoms with Crippen molar-refractivity contribution in [2.24, 2.45) is 4.99 Å². The molecule has 0 spiro atoms. The van der Waals surface area contributed by atoms with E-state index in [1.165, 1.54) is 6.07 Å². The fourth-order valence-electron chi connectivity index (χ4n) is 2.03. The van der Waals surface area contributed by atoms with Crippen molar-refractivity contribution in [2.75, 3.05) is 0 Å². The lowest BCUT2D eigenvalue weighted by molar-refractivity contribution is -0.138. The summed E-state index contributed by atoms with van der Waals surface area (Å²) in [5, 5.41) is 9.15. The molecular weight excluding hydrogens is 280 g/mol. The topological polar surface area (TPSA) is 95.8 Å². The summed E-state index contributed by atoms with van der Waals surface area (Å²) in [4.78, 5) is 15.4. The minimum Gasteiger partial charge on any atom is -0.480 e. The zero-order valence-electron chi connectivity index (χ0n) is 11.0. The van der Waals surface area contributed by atoms with E-state index in [1.807, 2.05) is 6.92 Å². The first kappa shape index (κ1) is 14.5. The third-order valence-electron chi connectivity index (χ3n) is 3.06. The standard InChI is InChI=1S/C13H16N2O4S/c1-2-3-7-10(13(16)17)14-12-9-6-4-5-8-11(9)20(18,19)15-12/h4-6,8,10H,2-3,7H2,1H3,(H,14,15)(H,16,17). The van der Waals surface area contributed by atoms with E-state index < -0.39 is 22.0 Å². The number of amidine groups is 1. The van der Waals surface area contributed by atoms with Crippen molar-refractivity contribution in [3.05, 3.63) is 29.8 Å². The lowest BCUT2D eigenvalue weighted by atomic mass is 10.1. The maximum Gasteiger partial charge on any atom is 0.328 e. The summed E-state index contributed by atoms with van der Waals surface area (Å²) in [7, 11) is -3.62. The zero-order chi connectivity index (χ0) is 14.8. The maximum absolute atomic E-state index is 11.9. The van der Waals surface area contributed by atoms with E-state index >= 15 is 0 Å². The van der Waals surface area contributed by atoms with Gasteiger partial charge in [0.1, 0.15) is 11.9 Å². The Bertz CT molecular complexity index is 652. The quantitative estimate of drug-likeness (QED) is 0.857. The smallest absolute Gasteiger partial charge is 0.328 e. The van der Waals surface area contributed by atoms with Crippen LogP contribution in [0, 0.1) is 0 Å². The van der Waals surface area contributed by atoms with Crippen LogP contribution in [0.2, 0.25) is 0 Å². The molecule has 20 heavy (non-hydrogen) atoms. The van der Waals surface area contributed by atoms with Crippen molar-refractivity contribution in [1.29, 1.82) is 0 Å². The zero-order valence-corrected chi connectivity index (χ0v) is 11.9. The molecule has 108 valence electrons. The fourth-order valence-corrected chi connectivity index (χ4v) is 3.27. The molecule has 7 heteroatoms. The Balaban J connectivity index is 2.38. The minimum absolute atomic E-state index is 0.115. The van der Waals surface area contributed by atoms with Crippen LogP contribution in [-0.2, 0) is 14.8 Å². The van der Waals surface area contributed by atoms with E-state index in [4.69, 9.17) is 5.11 Å². The van der Waals surface area contributed by atoms with Gasteiger partial charge in [0.25, 0.3) is 10.0 Å². The summed E-state index contributed by atoms with van der Waals surface area (Å²) in [5.74, 6) is -0.932. The predicted molar refractivity (Wildman–Crippen MR) is 74.2 cm³/mol. The largest absolute Gasteiger partial charge is 0.480 e. The molecule has 6 nitrogen and oxygen atoms in total. The predicted octanol–water partition coefficient (Wildman–Crippen LogP) is 1.37. The van der Waals surface area contributed by atoms with E-state index in [0.29, 0.717) is 12.0 Å². The second-order valence-electron chi connectivity index (χ2n) is 4.58. The van der Waals surface area contributed by atoms with Crippen molar-refractivity contribution in [3.8, 4) is 0 Å². The average Bonchev–Trinajstić information content (AvgIpc) is 2.66. The number of aliphatic imine (C=N–C) groups is 1. The minimum atomic E-state index is -3.62. The van der Waals surface area contributed by atoms with Crippen LogP contribution in [0.25, 0.3) is 0 Å². The normalized spacial score (nSPS) is 19.4. The number of rotatable bonds is 5. The first-order chi connectivity index (χ1) is 9.45. The highest BCUT2D eigenvalue weighted by molar-refractivity contribution is 7.90. The van der Waals surface area contributed by atoms with Crippen LogP contribution in [0.15, 0.2) is 34.2 Å². The van der Waals surface area contributed by atoms with Crippen LogP contribution in [0.1, 0.15) is 31.7 Å². The van der Waals surface area contributed by atoms with Gasteiger partial charge in [0, 0.05) is 5.56 Å². The second kappa shape index (κ2) is 5.62. The molecule has 1 aliphatic heterocycles. The molecule has 1 aliphatic rings. The van der Waals surface area contributed by atoms with E-state index in [2.05, 4.69) is 9.71 Å². The van der Waals surface area contributed by atoms with Gasteiger partial charge in [-0.2, -0.15) is 0 Å². The number of carboxylic acids is 1. The van der Waals surface area contributed by atoms with E-state index in [1.54, 1.807) is 18.2 Å². The van der Waals surface area contributed by atoms with Gasteiger partial charge in [0.2, 0.25) is 0 Å². The molecule has 0 amide bonds. The number of unbranched alkanes of at least 4 members (excludes halogenated alkanes) is 1. The molecule has 0 saturated carbocycles. The van der Waals surface area contributed by atoms with E-state index in [-0.39, 0.29) is 10.7 Å². The summed E-state index contributed by atoms with van der Waals surface area (Å²) in [5.41, 5.74) is 0.426. The number of hydrogen-bond acceptors (Lipinski definition) is 4. The van der Waals surface area contributed by atoms with Crippen molar-refractivity contribution in [1.82, 2.24) is 4.72 Å². The highest BCUT2D eigenvalue weighted by Crippen LogP contribution is 2.23. The Hall–Kier alpha value is -1.89. The number of nitrogens with zero attached hydrogens (tertiary/aromatic N) is 1. The number of aliphatic carboxylic acids is 1. The lowest BCUT2D eigenvalue weighted by Crippen LogP contribution is -2.27. The molecule has 0 fully saturated rings. The molecule has 1 aromatic rings. The van der Waals surface area contributed by atoms with Gasteiger partial charge in [0.15, 0.2) is 0 Å². The van der Waals surface area contributed by atoms with Gasteiger partial charge in [-0.05, 0) is 18.6 Å². The molecule has 0 saturated heterocycles. The van der Waals surface area contributed by atoms with Crippen LogP contribution in [-0.4, -0.2) is 31.4 Å². The van der Waals surface area contributed by atoms with Gasteiger partial charge in [-0.15, -0.1) is 0 Å². The van der Waals surface area contributed by atoms with E-state index in [9.17, 15) is 13.2 Å². The molecule has 1 heterocycles. The maximum atomic E-state index is 11.9. The van der Waals surface area contributed by atoms with Gasteiger partial charge in [-0.1, -0.05) is 31.9 Å². The summed E-state index contributed by atoms with van der Waals surface area (Å²) in [6.07, 6.45) is 1.97. The molecule has 1 aromatic carbocycles. The number of carbonyl (C=O) groups is 1. The molecule has 2 N–H and O–H groups in total. The van der Waals surface area contributed by atoms with Crippen molar-refractivity contribution < 1.29 is 18.3 Å². The van der Waals surface area contributed by atoms with Crippen LogP contribution in [0.4, 0.5) is 0 Å². The van der Waals surface area contributed by atoms with Crippen molar-refractivity contribution >= 4 is 21.8 Å². The SMILES string of the molecule is CCCCC(N=C1NS(=O)(=O)c2ccccc21)C(=O)O. The Labute approximate surface area is 117 Å². The highest BCUT2D eigenvalue weighted by Gasteiger charge is 2.31. The van der Waals surface area contributed by atoms with Gasteiger partial charge < -0.3 is 5.11 Å². The molecule has 1 atom stereocenters. The Morgan fingerprint density at radius 2 is 2.10 bits per heavy atom. The first-order valence-electron chi connectivity index (χ1n) is 6.38. The monoisotopic (exact) mass is 296 g/mol. The summed E-state index contributed by atoms with van der Waals surface area (Å²) < 4.78 is 26.1. The molecule has 0 bridgehead atoms. The summed E-state index contributed by atoms with van der Waals surface area (Å²) >= 11 is 0. The fraction of sp³-hybridized carbons (Fsp3) is 0.385. The summed E-state index contributed by atoms with van der Waals surface area (Å²) in [6.45, 7) is 1.96. The molecule has 0 radical (unpaired) electrons. The number of fused-ring (bicyclic) bond motifs is 1. The molecule has 2 rings (SSSR count). The summed E-state index contributed by atoms with van der Waals surface area (Å²) in [6, 6.07) is 5.47. The first-order valence-corrected chi connectivity index (χ1v) is 7.87. The van der Waals surface area contributed by atoms with E-state index in [0.717, 1.165) is 12.8 Å². The van der Waals surface area contributed by atoms with Crippen LogP contribution in [0.5, 0.6) is 0 Å². The van der Waals surface area contributed by atoms with Crippen LogP contribution >= 0.6 is 0 Å². The lowest BCUT2D eigenvalue weighted by Gasteiger charge is -2.08. The molecule has 0 aromatic heterocycles. The number of benzene rings is 1. The van der Waals surface area contributed by atoms with Crippen molar-refractivity contribution in [2.45, 2.75) is 37.1 Å². The van der Waals surface area contributed by atoms with Crippen LogP contribution in [0.3, 0.4) is 0 Å². The van der Waals surface area contributed by atoms with Crippen molar-refractivity contribution in [3.63, 3.8) is 0 Å². The average molecular weight is 296 g/mol. The Kier molecular flexibility index (Phi) is 4.08. The third-order valence-corrected chi connectivity index (χ3v) is 4.46. The number of carboxylic acid groups (broad SMARTS) is 1. The van der Waals surface area contributed by atoms with Gasteiger partial charge in [0.05, 0.1) is 4.90 Å². The Morgan fingerprint density at radius 1 is 1.40 bits per heavy atom. The van der Waals surface area contributed by atoms with Gasteiger partial charge >= 0.3 is 5.97 Å². The third kappa shape index (κ3) is 2.82. The van der Waals surface area contributed by atoms with Crippen LogP contribution < -0.4 is 4.72 Å². The molecule has 1 unspecified atom stereocenters. The van der Waals surface area contributed by atoms with Gasteiger partial charge in [-0.25, -0.2) is 13.2 Å². The number of sulfonamides is 1.